The molecule has 3 rings (SSSR count). The third-order valence-electron chi connectivity index (χ3n) is 3.87. The van der Waals surface area contributed by atoms with Crippen LogP contribution in [0.2, 0.25) is 0 Å². The summed E-state index contributed by atoms with van der Waals surface area (Å²) in [4.78, 5) is 15.8. The number of hydrogen-bond donors (Lipinski definition) is 1. The zero-order valence-electron chi connectivity index (χ0n) is 14.3. The number of nitrogens with one attached hydrogen (secondary N) is 1. The summed E-state index contributed by atoms with van der Waals surface area (Å²) >= 11 is 0.701. The number of para-hydroxylation sites is 1. The standard InChI is InChI=1S/C19H13F5N2OS/c1-10-25-15(17(20)21)16(28-10)18(27)26-14-12(11-6-3-2-4-7-11)8-5-9-13(14)19(22,23)24/h2-9,17H,1H3,(H,26,27). The van der Waals surface area contributed by atoms with Crippen molar-refractivity contribution in [1.29, 1.82) is 0 Å². The van der Waals surface area contributed by atoms with Crippen molar-refractivity contribution in [2.24, 2.45) is 0 Å². The lowest BCUT2D eigenvalue weighted by molar-refractivity contribution is -0.136. The topological polar surface area (TPSA) is 42.0 Å². The molecule has 0 spiro atoms. The number of amides is 1. The molecule has 1 aromatic heterocycles. The van der Waals surface area contributed by atoms with Crippen LogP contribution in [0.25, 0.3) is 11.1 Å². The smallest absolute Gasteiger partial charge is 0.320 e. The first-order valence-electron chi connectivity index (χ1n) is 8.01. The van der Waals surface area contributed by atoms with Gasteiger partial charge >= 0.3 is 6.18 Å². The lowest BCUT2D eigenvalue weighted by Crippen LogP contribution is -2.18. The molecule has 0 aliphatic carbocycles. The molecule has 146 valence electrons. The Kier molecular flexibility index (Phi) is 5.46. The molecule has 0 bridgehead atoms. The van der Waals surface area contributed by atoms with E-state index in [0.717, 1.165) is 6.07 Å². The average molecular weight is 412 g/mol. The van der Waals surface area contributed by atoms with Gasteiger partial charge in [0.05, 0.1) is 16.3 Å². The number of aryl methyl sites for hydroxylation is 1. The molecule has 28 heavy (non-hydrogen) atoms. The summed E-state index contributed by atoms with van der Waals surface area (Å²) in [5, 5.41) is 2.40. The van der Waals surface area contributed by atoms with Crippen molar-refractivity contribution in [3.63, 3.8) is 0 Å². The first-order valence-corrected chi connectivity index (χ1v) is 8.82. The van der Waals surface area contributed by atoms with Gasteiger partial charge in [-0.05, 0) is 18.6 Å². The highest BCUT2D eigenvalue weighted by Crippen LogP contribution is 2.41. The van der Waals surface area contributed by atoms with E-state index in [9.17, 15) is 26.7 Å². The fraction of sp³-hybridized carbons (Fsp3) is 0.158. The lowest BCUT2D eigenvalue weighted by atomic mass is 9.99. The Labute approximate surface area is 160 Å². The number of alkyl halides is 5. The molecule has 9 heteroatoms. The molecule has 0 saturated heterocycles. The third kappa shape index (κ3) is 4.04. The minimum Gasteiger partial charge on any atom is -0.320 e. The molecule has 2 aromatic carbocycles. The van der Waals surface area contributed by atoms with Crippen molar-refractivity contribution >= 4 is 22.9 Å². The third-order valence-corrected chi connectivity index (χ3v) is 4.85. The maximum atomic E-state index is 13.5. The first-order chi connectivity index (χ1) is 13.2. The summed E-state index contributed by atoms with van der Waals surface area (Å²) in [5.74, 6) is -1.06. The second kappa shape index (κ2) is 7.67. The minimum atomic E-state index is -4.75. The Morgan fingerprint density at radius 3 is 2.36 bits per heavy atom. The van der Waals surface area contributed by atoms with E-state index in [1.165, 1.54) is 19.1 Å². The van der Waals surface area contributed by atoms with Crippen molar-refractivity contribution in [2.45, 2.75) is 19.5 Å². The summed E-state index contributed by atoms with van der Waals surface area (Å²) in [6, 6.07) is 11.6. The Balaban J connectivity index is 2.11. The van der Waals surface area contributed by atoms with Gasteiger partial charge in [0.25, 0.3) is 12.3 Å². The van der Waals surface area contributed by atoms with Crippen LogP contribution in [-0.2, 0) is 6.18 Å². The summed E-state index contributed by atoms with van der Waals surface area (Å²) in [6.07, 6.45) is -7.76. The van der Waals surface area contributed by atoms with Crippen molar-refractivity contribution in [3.8, 4) is 11.1 Å². The molecule has 1 heterocycles. The molecule has 1 amide bonds. The van der Waals surface area contributed by atoms with Gasteiger partial charge in [0.1, 0.15) is 10.6 Å². The van der Waals surface area contributed by atoms with Crippen LogP contribution in [0.1, 0.15) is 32.4 Å². The number of rotatable bonds is 4. The SMILES string of the molecule is Cc1nc(C(F)F)c(C(=O)Nc2c(-c3ccccc3)cccc2C(F)(F)F)s1. The Hall–Kier alpha value is -2.81. The van der Waals surface area contributed by atoms with Crippen LogP contribution >= 0.6 is 11.3 Å². The van der Waals surface area contributed by atoms with Crippen molar-refractivity contribution < 1.29 is 26.7 Å². The number of carbonyl (C=O) groups excluding carboxylic acids is 1. The van der Waals surface area contributed by atoms with Crippen LogP contribution in [0, 0.1) is 6.92 Å². The monoisotopic (exact) mass is 412 g/mol. The van der Waals surface area contributed by atoms with Gasteiger partial charge in [0.15, 0.2) is 0 Å². The van der Waals surface area contributed by atoms with Crippen LogP contribution in [0.3, 0.4) is 0 Å². The van der Waals surface area contributed by atoms with E-state index < -0.39 is 40.3 Å². The largest absolute Gasteiger partial charge is 0.418 e. The van der Waals surface area contributed by atoms with Gasteiger partial charge < -0.3 is 5.32 Å². The summed E-state index contributed by atoms with van der Waals surface area (Å²) in [6.45, 7) is 1.44. The number of anilines is 1. The van der Waals surface area contributed by atoms with Crippen molar-refractivity contribution in [3.05, 3.63) is 69.7 Å². The predicted octanol–water partition coefficient (Wildman–Crippen LogP) is 6.33. The fourth-order valence-corrected chi connectivity index (χ4v) is 3.53. The molecule has 0 unspecified atom stereocenters. The number of halogens is 5. The molecule has 0 aliphatic heterocycles. The normalized spacial score (nSPS) is 11.7. The van der Waals surface area contributed by atoms with Gasteiger partial charge in [0.2, 0.25) is 0 Å². The second-order valence-electron chi connectivity index (χ2n) is 5.79. The van der Waals surface area contributed by atoms with E-state index in [1.54, 1.807) is 30.3 Å². The van der Waals surface area contributed by atoms with Gasteiger partial charge in [0, 0.05) is 5.56 Å². The maximum absolute atomic E-state index is 13.5. The Morgan fingerprint density at radius 1 is 1.07 bits per heavy atom. The van der Waals surface area contributed by atoms with Gasteiger partial charge in [-0.3, -0.25) is 4.79 Å². The van der Waals surface area contributed by atoms with E-state index in [1.807, 2.05) is 0 Å². The van der Waals surface area contributed by atoms with E-state index in [4.69, 9.17) is 0 Å². The van der Waals surface area contributed by atoms with Gasteiger partial charge in [-0.1, -0.05) is 42.5 Å². The molecule has 0 saturated carbocycles. The zero-order chi connectivity index (χ0) is 20.5. The minimum absolute atomic E-state index is 0.128. The summed E-state index contributed by atoms with van der Waals surface area (Å²) in [5.41, 5.74) is -1.73. The highest BCUT2D eigenvalue weighted by molar-refractivity contribution is 7.13. The molecular formula is C19H13F5N2OS. The number of hydrogen-bond acceptors (Lipinski definition) is 3. The predicted molar refractivity (Wildman–Crippen MR) is 96.6 cm³/mol. The van der Waals surface area contributed by atoms with Crippen molar-refractivity contribution in [1.82, 2.24) is 4.98 Å². The number of nitrogens with zero attached hydrogens (tertiary/aromatic N) is 1. The maximum Gasteiger partial charge on any atom is 0.418 e. The Bertz CT molecular complexity index is 999. The van der Waals surface area contributed by atoms with Crippen LogP contribution in [-0.4, -0.2) is 10.9 Å². The zero-order valence-corrected chi connectivity index (χ0v) is 15.2. The first kappa shape index (κ1) is 19.9. The highest BCUT2D eigenvalue weighted by atomic mass is 32.1. The molecule has 0 fully saturated rings. The second-order valence-corrected chi connectivity index (χ2v) is 7.00. The van der Waals surface area contributed by atoms with Crippen LogP contribution in [0.4, 0.5) is 27.6 Å². The summed E-state index contributed by atoms with van der Waals surface area (Å²) in [7, 11) is 0. The molecule has 0 atom stereocenters. The van der Waals surface area contributed by atoms with E-state index in [2.05, 4.69) is 10.3 Å². The number of benzene rings is 2. The van der Waals surface area contributed by atoms with E-state index >= 15 is 0 Å². The van der Waals surface area contributed by atoms with E-state index in [0.29, 0.717) is 16.9 Å². The molecular weight excluding hydrogens is 399 g/mol. The van der Waals surface area contributed by atoms with Crippen molar-refractivity contribution in [2.75, 3.05) is 5.32 Å². The van der Waals surface area contributed by atoms with E-state index in [-0.39, 0.29) is 10.6 Å². The molecule has 1 N–H and O–H groups in total. The van der Waals surface area contributed by atoms with Crippen LogP contribution in [0.5, 0.6) is 0 Å². The van der Waals surface area contributed by atoms with Gasteiger partial charge in [-0.2, -0.15) is 13.2 Å². The quantitative estimate of drug-likeness (QED) is 0.509. The molecule has 0 aliphatic rings. The lowest BCUT2D eigenvalue weighted by Gasteiger charge is -2.18. The number of carbonyl (C=O) groups is 1. The molecule has 3 aromatic rings. The molecule has 0 radical (unpaired) electrons. The number of thiazole rings is 1. The van der Waals surface area contributed by atoms with Crippen LogP contribution in [0.15, 0.2) is 48.5 Å². The number of aromatic nitrogens is 1. The highest BCUT2D eigenvalue weighted by Gasteiger charge is 2.35. The fourth-order valence-electron chi connectivity index (χ4n) is 2.71. The summed E-state index contributed by atoms with van der Waals surface area (Å²) < 4.78 is 66.9. The van der Waals surface area contributed by atoms with Gasteiger partial charge in [-0.15, -0.1) is 11.3 Å². The average Bonchev–Trinajstić information content (AvgIpc) is 3.04. The van der Waals surface area contributed by atoms with Gasteiger partial charge in [-0.25, -0.2) is 13.8 Å². The Morgan fingerprint density at radius 2 is 1.75 bits per heavy atom. The van der Waals surface area contributed by atoms with Crippen LogP contribution < -0.4 is 5.32 Å². The molecule has 3 nitrogen and oxygen atoms in total.